The molecule has 1 amide bonds. The third-order valence-corrected chi connectivity index (χ3v) is 9.16. The Morgan fingerprint density at radius 2 is 1.54 bits per heavy atom. The molecular formula is C40H46N2O6. The molecule has 4 aromatic rings. The highest BCUT2D eigenvalue weighted by Gasteiger charge is 2.39. The van der Waals surface area contributed by atoms with Gasteiger partial charge in [0.05, 0.1) is 18.8 Å². The molecule has 1 aliphatic rings. The summed E-state index contributed by atoms with van der Waals surface area (Å²) in [6, 6.07) is 34.9. The Hall–Kier alpha value is -4.34. The molecule has 0 spiro atoms. The molecule has 4 aromatic carbocycles. The van der Waals surface area contributed by atoms with E-state index in [1.54, 1.807) is 6.92 Å². The van der Waals surface area contributed by atoms with Crippen LogP contribution in [0.1, 0.15) is 73.9 Å². The first-order valence-electron chi connectivity index (χ1n) is 16.5. The topological polar surface area (TPSA) is 97.3 Å². The van der Waals surface area contributed by atoms with Crippen molar-refractivity contribution in [2.75, 3.05) is 13.6 Å². The number of benzene rings is 4. The minimum atomic E-state index is -0.850. The van der Waals surface area contributed by atoms with Gasteiger partial charge in [0.1, 0.15) is 0 Å². The normalized spacial score (nSPS) is 20.6. The highest BCUT2D eigenvalue weighted by molar-refractivity contribution is 5.82. The largest absolute Gasteiger partial charge is 0.453 e. The number of aliphatic hydroxyl groups is 1. The van der Waals surface area contributed by atoms with Crippen molar-refractivity contribution >= 4 is 11.9 Å². The predicted molar refractivity (Wildman–Crippen MR) is 185 cm³/mol. The van der Waals surface area contributed by atoms with E-state index in [9.17, 15) is 14.7 Å². The van der Waals surface area contributed by atoms with Gasteiger partial charge in [-0.25, -0.2) is 0 Å². The molecule has 1 heterocycles. The van der Waals surface area contributed by atoms with Crippen LogP contribution in [-0.2, 0) is 37.0 Å². The molecule has 2 N–H and O–H groups in total. The monoisotopic (exact) mass is 650 g/mol. The van der Waals surface area contributed by atoms with Gasteiger partial charge in [0, 0.05) is 37.5 Å². The number of carbonyl (C=O) groups excluding carboxylic acids is 2. The Balaban J connectivity index is 1.33. The Morgan fingerprint density at radius 3 is 2.21 bits per heavy atom. The van der Waals surface area contributed by atoms with Crippen LogP contribution in [0.15, 0.2) is 103 Å². The van der Waals surface area contributed by atoms with Gasteiger partial charge in [-0.1, -0.05) is 104 Å². The molecule has 252 valence electrons. The molecule has 1 fully saturated rings. The van der Waals surface area contributed by atoms with Crippen molar-refractivity contribution in [3.8, 4) is 11.1 Å². The van der Waals surface area contributed by atoms with E-state index in [2.05, 4.69) is 67.5 Å². The summed E-state index contributed by atoms with van der Waals surface area (Å²) >= 11 is 0. The first-order chi connectivity index (χ1) is 23.1. The number of nitrogens with one attached hydrogen (secondary N) is 1. The zero-order valence-electron chi connectivity index (χ0n) is 28.3. The van der Waals surface area contributed by atoms with Crippen LogP contribution in [0.4, 0.5) is 0 Å². The summed E-state index contributed by atoms with van der Waals surface area (Å²) < 4.78 is 18.4. The average Bonchev–Trinajstić information content (AvgIpc) is 3.11. The lowest BCUT2D eigenvalue weighted by molar-refractivity contribution is -0.276. The van der Waals surface area contributed by atoms with Gasteiger partial charge in [-0.15, -0.1) is 0 Å². The zero-order chi connectivity index (χ0) is 34.2. The Bertz CT molecular complexity index is 1640. The molecule has 1 saturated heterocycles. The van der Waals surface area contributed by atoms with Crippen molar-refractivity contribution in [2.24, 2.45) is 5.92 Å². The maximum Gasteiger partial charge on any atom is 0.303 e. The van der Waals surface area contributed by atoms with Crippen LogP contribution in [0, 0.1) is 5.92 Å². The quantitative estimate of drug-likeness (QED) is 0.161. The molecular weight excluding hydrogens is 604 g/mol. The molecule has 0 radical (unpaired) electrons. The van der Waals surface area contributed by atoms with Crippen molar-refractivity contribution < 1.29 is 28.9 Å². The third-order valence-electron chi connectivity index (χ3n) is 9.16. The van der Waals surface area contributed by atoms with E-state index in [0.29, 0.717) is 6.54 Å². The summed E-state index contributed by atoms with van der Waals surface area (Å²) in [6.45, 7) is 8.27. The van der Waals surface area contributed by atoms with E-state index >= 15 is 0 Å². The number of carbonyl (C=O) groups is 2. The second-order valence-corrected chi connectivity index (χ2v) is 12.6. The summed E-state index contributed by atoms with van der Waals surface area (Å²) in [5.74, 6) is -0.760. The molecule has 0 aromatic heterocycles. The highest BCUT2D eigenvalue weighted by Crippen LogP contribution is 2.42. The molecule has 8 heteroatoms. The number of esters is 1. The summed E-state index contributed by atoms with van der Waals surface area (Å²) in [5.41, 5.74) is 7.06. The van der Waals surface area contributed by atoms with E-state index in [1.807, 2.05) is 66.7 Å². The summed E-state index contributed by atoms with van der Waals surface area (Å²) in [6.07, 6.45) is -1.71. The van der Waals surface area contributed by atoms with Gasteiger partial charge >= 0.3 is 5.97 Å². The van der Waals surface area contributed by atoms with Crippen LogP contribution >= 0.6 is 0 Å². The fourth-order valence-electron chi connectivity index (χ4n) is 6.09. The highest BCUT2D eigenvalue weighted by atomic mass is 16.7. The van der Waals surface area contributed by atoms with Crippen molar-refractivity contribution in [1.29, 1.82) is 0 Å². The number of nitrogens with zero attached hydrogens (tertiary/aromatic N) is 1. The zero-order valence-corrected chi connectivity index (χ0v) is 28.3. The van der Waals surface area contributed by atoms with Crippen LogP contribution in [0.2, 0.25) is 0 Å². The SMILES string of the molecule is CC(=O)O[C@@H](C)C(=O)NCc1cccc(-c2ccc([C@@H]3O[C@H](CN(C)[C@@H](C)c4ccccc4)[C@H](C)[C@H](c4ccc(CO)cc4)O3)cc2)c1. The Labute approximate surface area is 283 Å². The molecule has 0 saturated carbocycles. The number of amides is 1. The molecule has 0 unspecified atom stereocenters. The molecule has 8 nitrogen and oxygen atoms in total. The summed E-state index contributed by atoms with van der Waals surface area (Å²) in [5, 5.41) is 12.4. The van der Waals surface area contributed by atoms with Crippen LogP contribution < -0.4 is 5.32 Å². The van der Waals surface area contributed by atoms with Gasteiger partial charge in [0.25, 0.3) is 5.91 Å². The molecule has 6 atom stereocenters. The van der Waals surface area contributed by atoms with E-state index in [-0.39, 0.29) is 36.7 Å². The summed E-state index contributed by atoms with van der Waals surface area (Å²) in [7, 11) is 2.14. The molecule has 0 aliphatic carbocycles. The van der Waals surface area contributed by atoms with E-state index < -0.39 is 18.4 Å². The number of hydrogen-bond acceptors (Lipinski definition) is 7. The Morgan fingerprint density at radius 1 is 0.854 bits per heavy atom. The van der Waals surface area contributed by atoms with E-state index in [1.165, 1.54) is 12.5 Å². The number of likely N-dealkylation sites (N-methyl/N-ethyl adjacent to an activating group) is 1. The van der Waals surface area contributed by atoms with Crippen LogP contribution in [-0.4, -0.2) is 47.7 Å². The number of rotatable bonds is 12. The maximum absolute atomic E-state index is 12.3. The minimum absolute atomic E-state index is 0.00291. The lowest BCUT2D eigenvalue weighted by Crippen LogP contribution is -2.44. The maximum atomic E-state index is 12.3. The Kier molecular flexibility index (Phi) is 11.8. The summed E-state index contributed by atoms with van der Waals surface area (Å²) in [4.78, 5) is 25.8. The van der Waals surface area contributed by atoms with Crippen molar-refractivity contribution in [1.82, 2.24) is 10.2 Å². The number of ether oxygens (including phenoxy) is 3. The van der Waals surface area contributed by atoms with Crippen molar-refractivity contribution in [3.63, 3.8) is 0 Å². The van der Waals surface area contributed by atoms with Crippen LogP contribution in [0.25, 0.3) is 11.1 Å². The predicted octanol–water partition coefficient (Wildman–Crippen LogP) is 6.90. The lowest BCUT2D eigenvalue weighted by Gasteiger charge is -2.43. The molecule has 1 aliphatic heterocycles. The van der Waals surface area contributed by atoms with E-state index in [0.717, 1.165) is 39.9 Å². The minimum Gasteiger partial charge on any atom is -0.453 e. The van der Waals surface area contributed by atoms with Gasteiger partial charge in [0.15, 0.2) is 12.4 Å². The first kappa shape index (κ1) is 35.0. The van der Waals surface area contributed by atoms with Gasteiger partial charge in [0.2, 0.25) is 0 Å². The number of hydrogen-bond donors (Lipinski definition) is 2. The lowest BCUT2D eigenvalue weighted by atomic mass is 9.89. The standard InChI is InChI=1S/C40H46N2O6/c1-26-37(24-42(5)27(2)32-11-7-6-8-12-32)47-40(48-38(26)34-16-14-30(25-43)15-17-34)35-20-18-33(19-21-35)36-13-9-10-31(22-36)23-41-39(45)28(3)46-29(4)44/h6-22,26-28,37-38,40,43H,23-25H2,1-5H3,(H,41,45)/t26-,27-,28-,37+,38+,40+/m0/s1. The van der Waals surface area contributed by atoms with Gasteiger partial charge < -0.3 is 24.6 Å². The third kappa shape index (κ3) is 8.76. The second kappa shape index (κ2) is 16.2. The number of aliphatic hydroxyl groups excluding tert-OH is 1. The van der Waals surface area contributed by atoms with Crippen molar-refractivity contribution in [2.45, 2.75) is 71.5 Å². The average molecular weight is 651 g/mol. The van der Waals surface area contributed by atoms with Crippen molar-refractivity contribution in [3.05, 3.63) is 131 Å². The van der Waals surface area contributed by atoms with Crippen LogP contribution in [0.5, 0.6) is 0 Å². The van der Waals surface area contributed by atoms with Gasteiger partial charge in [-0.05, 0) is 60.3 Å². The molecule has 48 heavy (non-hydrogen) atoms. The second-order valence-electron chi connectivity index (χ2n) is 12.6. The molecule has 0 bridgehead atoms. The fourth-order valence-corrected chi connectivity index (χ4v) is 6.09. The molecule has 5 rings (SSSR count). The van der Waals surface area contributed by atoms with E-state index in [4.69, 9.17) is 14.2 Å². The smallest absolute Gasteiger partial charge is 0.303 e. The fraction of sp³-hybridized carbons (Fsp3) is 0.350. The van der Waals surface area contributed by atoms with Gasteiger partial charge in [-0.2, -0.15) is 0 Å². The first-order valence-corrected chi connectivity index (χ1v) is 16.5. The van der Waals surface area contributed by atoms with Gasteiger partial charge in [-0.3, -0.25) is 14.5 Å². The van der Waals surface area contributed by atoms with Crippen LogP contribution in [0.3, 0.4) is 0 Å².